The summed E-state index contributed by atoms with van der Waals surface area (Å²) in [5.41, 5.74) is 2.78. The van der Waals surface area contributed by atoms with Gasteiger partial charge in [-0.3, -0.25) is 0 Å². The van der Waals surface area contributed by atoms with Crippen LogP contribution >= 0.6 is 0 Å². The smallest absolute Gasteiger partial charge is 0.0925 e. The number of hydrogen-bond donors (Lipinski definition) is 1. The molecule has 218 valence electrons. The van der Waals surface area contributed by atoms with Crippen LogP contribution in [0.2, 0.25) is 0 Å². The molecule has 0 aromatic carbocycles. The topological polar surface area (TPSA) is 28.7 Å². The van der Waals surface area contributed by atoms with Gasteiger partial charge in [-0.1, -0.05) is 181 Å². The van der Waals surface area contributed by atoms with E-state index in [9.17, 15) is 0 Å². The number of rotatable bonds is 30. The summed E-state index contributed by atoms with van der Waals surface area (Å²) in [5, 5.41) is 0. The van der Waals surface area contributed by atoms with Crippen molar-refractivity contribution in [3.8, 4) is 0 Å². The molecule has 1 rings (SSSR count). The minimum atomic E-state index is 1.18. The first kappa shape index (κ1) is 34.2. The molecule has 0 radical (unpaired) electrons. The fraction of sp³-hybridized carbons (Fsp3) is 0.914. The SMILES string of the molecule is CCCCCCCCCCCCCCCCc1nc[nH]c1CCCCCCCCCCCCCCCC. The Bertz CT molecular complexity index is 503. The fourth-order valence-corrected chi connectivity index (χ4v) is 5.76. The largest absolute Gasteiger partial charge is 0.348 e. The Morgan fingerprint density at radius 1 is 0.405 bits per heavy atom. The van der Waals surface area contributed by atoms with Crippen LogP contribution in [0.5, 0.6) is 0 Å². The van der Waals surface area contributed by atoms with Crippen molar-refractivity contribution in [1.29, 1.82) is 0 Å². The lowest BCUT2D eigenvalue weighted by molar-refractivity contribution is 0.533. The number of H-pyrrole nitrogens is 1. The lowest BCUT2D eigenvalue weighted by atomic mass is 10.0. The highest BCUT2D eigenvalue weighted by atomic mass is 14.9. The predicted octanol–water partition coefficient (Wildman–Crippen LogP) is 12.5. The summed E-state index contributed by atoms with van der Waals surface area (Å²) < 4.78 is 0. The van der Waals surface area contributed by atoms with Crippen LogP contribution in [-0.4, -0.2) is 9.97 Å². The van der Waals surface area contributed by atoms with Crippen LogP contribution in [0, 0.1) is 0 Å². The zero-order valence-electron chi connectivity index (χ0n) is 25.7. The molecular weight excluding hydrogens is 448 g/mol. The molecule has 0 spiro atoms. The highest BCUT2D eigenvalue weighted by Crippen LogP contribution is 2.17. The molecule has 0 atom stereocenters. The highest BCUT2D eigenvalue weighted by molar-refractivity contribution is 5.11. The van der Waals surface area contributed by atoms with Crippen molar-refractivity contribution in [2.45, 2.75) is 206 Å². The van der Waals surface area contributed by atoms with Crippen molar-refractivity contribution in [3.63, 3.8) is 0 Å². The Labute approximate surface area is 234 Å². The number of nitrogens with zero attached hydrogens (tertiary/aromatic N) is 1. The number of nitrogens with one attached hydrogen (secondary N) is 1. The van der Waals surface area contributed by atoms with Crippen LogP contribution in [0.3, 0.4) is 0 Å². The van der Waals surface area contributed by atoms with Crippen molar-refractivity contribution >= 4 is 0 Å². The van der Waals surface area contributed by atoms with E-state index in [1.165, 1.54) is 204 Å². The number of aryl methyl sites for hydroxylation is 2. The lowest BCUT2D eigenvalue weighted by Crippen LogP contribution is -1.95. The predicted molar refractivity (Wildman–Crippen MR) is 167 cm³/mol. The second kappa shape index (κ2) is 28.2. The maximum atomic E-state index is 4.64. The van der Waals surface area contributed by atoms with E-state index in [1.807, 2.05) is 6.33 Å². The van der Waals surface area contributed by atoms with E-state index in [4.69, 9.17) is 0 Å². The summed E-state index contributed by atoms with van der Waals surface area (Å²) in [7, 11) is 0. The van der Waals surface area contributed by atoms with Gasteiger partial charge in [0.1, 0.15) is 0 Å². The maximum absolute atomic E-state index is 4.64. The first-order valence-corrected chi connectivity index (χ1v) is 17.4. The van der Waals surface area contributed by atoms with E-state index in [2.05, 4.69) is 23.8 Å². The Hall–Kier alpha value is -0.790. The normalized spacial score (nSPS) is 11.5. The van der Waals surface area contributed by atoms with Gasteiger partial charge in [-0.05, 0) is 25.7 Å². The monoisotopic (exact) mass is 517 g/mol. The molecule has 1 aromatic rings. The Morgan fingerprint density at radius 2 is 0.703 bits per heavy atom. The zero-order chi connectivity index (χ0) is 26.5. The third kappa shape index (κ3) is 22.9. The van der Waals surface area contributed by atoms with Crippen molar-refractivity contribution in [2.75, 3.05) is 0 Å². The molecule has 0 aliphatic carbocycles. The van der Waals surface area contributed by atoms with Gasteiger partial charge in [0.05, 0.1) is 12.0 Å². The standard InChI is InChI=1S/C35H68N2/c1-3-5-7-9-11-13-15-17-19-21-23-25-27-29-31-34-35(37-33-36-34)32-30-28-26-24-22-20-18-16-14-12-10-8-6-4-2/h33H,3-32H2,1-2H3,(H,36,37). The number of aromatic nitrogens is 2. The molecule has 1 aromatic heterocycles. The summed E-state index contributed by atoms with van der Waals surface area (Å²) in [6.07, 6.45) is 44.4. The van der Waals surface area contributed by atoms with Gasteiger partial charge in [0.25, 0.3) is 0 Å². The number of imidazole rings is 1. The minimum absolute atomic E-state index is 1.18. The van der Waals surface area contributed by atoms with Gasteiger partial charge in [-0.25, -0.2) is 4.98 Å². The molecule has 0 amide bonds. The summed E-state index contributed by atoms with van der Waals surface area (Å²) >= 11 is 0. The molecule has 0 saturated heterocycles. The van der Waals surface area contributed by atoms with Gasteiger partial charge < -0.3 is 4.98 Å². The van der Waals surface area contributed by atoms with Gasteiger partial charge >= 0.3 is 0 Å². The molecule has 0 aliphatic heterocycles. The van der Waals surface area contributed by atoms with Crippen LogP contribution in [0.4, 0.5) is 0 Å². The lowest BCUT2D eigenvalue weighted by Gasteiger charge is -2.05. The molecule has 0 fully saturated rings. The van der Waals surface area contributed by atoms with E-state index in [1.54, 1.807) is 0 Å². The molecule has 0 unspecified atom stereocenters. The maximum Gasteiger partial charge on any atom is 0.0925 e. The second-order valence-electron chi connectivity index (χ2n) is 12.0. The van der Waals surface area contributed by atoms with Gasteiger partial charge in [-0.2, -0.15) is 0 Å². The average molecular weight is 517 g/mol. The highest BCUT2D eigenvalue weighted by Gasteiger charge is 2.05. The van der Waals surface area contributed by atoms with E-state index >= 15 is 0 Å². The van der Waals surface area contributed by atoms with Crippen LogP contribution in [-0.2, 0) is 12.8 Å². The summed E-state index contributed by atoms with van der Waals surface area (Å²) in [5.74, 6) is 0. The molecule has 2 nitrogen and oxygen atoms in total. The third-order valence-electron chi connectivity index (χ3n) is 8.35. The first-order valence-electron chi connectivity index (χ1n) is 17.4. The van der Waals surface area contributed by atoms with Crippen LogP contribution in [0.15, 0.2) is 6.33 Å². The Balaban J connectivity index is 1.85. The fourth-order valence-electron chi connectivity index (χ4n) is 5.76. The van der Waals surface area contributed by atoms with Crippen LogP contribution in [0.25, 0.3) is 0 Å². The molecule has 0 aliphatic rings. The van der Waals surface area contributed by atoms with E-state index in [0.717, 1.165) is 0 Å². The molecule has 1 heterocycles. The minimum Gasteiger partial charge on any atom is -0.348 e. The zero-order valence-corrected chi connectivity index (χ0v) is 25.7. The molecule has 37 heavy (non-hydrogen) atoms. The van der Waals surface area contributed by atoms with Crippen molar-refractivity contribution < 1.29 is 0 Å². The number of aromatic amines is 1. The van der Waals surface area contributed by atoms with Crippen LogP contribution in [0.1, 0.15) is 205 Å². The number of hydrogen-bond acceptors (Lipinski definition) is 1. The Kier molecular flexibility index (Phi) is 26.1. The second-order valence-corrected chi connectivity index (χ2v) is 12.0. The molecule has 0 saturated carbocycles. The van der Waals surface area contributed by atoms with Gasteiger partial charge in [0.15, 0.2) is 0 Å². The number of unbranched alkanes of at least 4 members (excludes halogenated alkanes) is 26. The summed E-state index contributed by atoms with van der Waals surface area (Å²) in [6, 6.07) is 0. The van der Waals surface area contributed by atoms with Crippen molar-refractivity contribution in [2.24, 2.45) is 0 Å². The van der Waals surface area contributed by atoms with Gasteiger partial charge in [0.2, 0.25) is 0 Å². The van der Waals surface area contributed by atoms with Gasteiger partial charge in [-0.15, -0.1) is 0 Å². The third-order valence-corrected chi connectivity index (χ3v) is 8.35. The summed E-state index contributed by atoms with van der Waals surface area (Å²) in [4.78, 5) is 8.09. The molecular formula is C35H68N2. The molecule has 1 N–H and O–H groups in total. The average Bonchev–Trinajstić information content (AvgIpc) is 3.36. The van der Waals surface area contributed by atoms with Crippen LogP contribution < -0.4 is 0 Å². The Morgan fingerprint density at radius 3 is 1.05 bits per heavy atom. The van der Waals surface area contributed by atoms with E-state index in [-0.39, 0.29) is 0 Å². The molecule has 2 heteroatoms. The van der Waals surface area contributed by atoms with E-state index in [0.29, 0.717) is 0 Å². The summed E-state index contributed by atoms with van der Waals surface area (Å²) in [6.45, 7) is 4.60. The van der Waals surface area contributed by atoms with E-state index < -0.39 is 0 Å². The van der Waals surface area contributed by atoms with Gasteiger partial charge in [0, 0.05) is 5.69 Å². The molecule has 0 bridgehead atoms. The first-order chi connectivity index (χ1) is 18.4. The quantitative estimate of drug-likeness (QED) is 0.101. The van der Waals surface area contributed by atoms with Crippen molar-refractivity contribution in [1.82, 2.24) is 9.97 Å². The van der Waals surface area contributed by atoms with Crippen molar-refractivity contribution in [3.05, 3.63) is 17.7 Å².